The molecule has 41 heavy (non-hydrogen) atoms. The minimum Gasteiger partial charge on any atom is -0.382 e. The number of alkyl halides is 7. The van der Waals surface area contributed by atoms with Gasteiger partial charge in [0.1, 0.15) is 18.0 Å². The second-order valence-electron chi connectivity index (χ2n) is 9.59. The minimum absolute atomic E-state index is 0.0344. The lowest BCUT2D eigenvalue weighted by Gasteiger charge is -2.31. The van der Waals surface area contributed by atoms with Crippen LogP contribution in [-0.2, 0) is 17.4 Å². The summed E-state index contributed by atoms with van der Waals surface area (Å²) in [4.78, 5) is 29.8. The summed E-state index contributed by atoms with van der Waals surface area (Å²) in [6.07, 6.45) is -11.8. The second-order valence-corrected chi connectivity index (χ2v) is 9.59. The van der Waals surface area contributed by atoms with E-state index in [1.807, 2.05) is 0 Å². The number of fused-ring (bicyclic) bond motifs is 1. The Morgan fingerprint density at radius 2 is 1.80 bits per heavy atom. The topological polar surface area (TPSA) is 126 Å². The van der Waals surface area contributed by atoms with Gasteiger partial charge in [-0.2, -0.15) is 31.4 Å². The second kappa shape index (κ2) is 10.5. The molecular formula is C25H25F7N6O3. The molecule has 3 aromatic rings. The number of likely N-dealkylation sites (tertiary alicyclic amines) is 1. The number of anilines is 1. The Morgan fingerprint density at radius 1 is 1.12 bits per heavy atom. The summed E-state index contributed by atoms with van der Waals surface area (Å²) < 4.78 is 97.0. The first-order valence-electron chi connectivity index (χ1n) is 12.4. The van der Waals surface area contributed by atoms with Gasteiger partial charge in [0.05, 0.1) is 23.8 Å². The molecule has 1 saturated heterocycles. The van der Waals surface area contributed by atoms with Gasteiger partial charge in [-0.3, -0.25) is 9.59 Å². The Bertz CT molecular complexity index is 1490. The molecule has 4 rings (SSSR count). The standard InChI is InChI=1S/C25H25F7N6O3/c1-3-12-5-6-13(18-8-15(24(27,28)29)19-20(33)34-11-35-38(18)19)7-14(12)21(39)36-17-10-37(9-16(17)26)22(40)23(41,4-2)25(30,31)32/h5-8,11,16-17,41H,3-4,9-10H2,1-2H3,(H,36,39)(H2,33,34,35)/t16-,17+,23?/m0/s1. The van der Waals surface area contributed by atoms with Gasteiger partial charge in [-0.25, -0.2) is 13.9 Å². The van der Waals surface area contributed by atoms with E-state index in [-0.39, 0.29) is 16.8 Å². The Hall–Kier alpha value is -3.95. The van der Waals surface area contributed by atoms with Gasteiger partial charge < -0.3 is 21.1 Å². The van der Waals surface area contributed by atoms with Crippen LogP contribution in [0.5, 0.6) is 0 Å². The molecule has 16 heteroatoms. The number of aliphatic hydroxyl groups is 1. The van der Waals surface area contributed by atoms with E-state index in [4.69, 9.17) is 5.73 Å². The molecule has 1 aromatic carbocycles. The molecule has 1 fully saturated rings. The van der Waals surface area contributed by atoms with Crippen LogP contribution < -0.4 is 11.1 Å². The number of benzene rings is 1. The molecule has 222 valence electrons. The van der Waals surface area contributed by atoms with Crippen LogP contribution in [0.3, 0.4) is 0 Å². The van der Waals surface area contributed by atoms with Crippen molar-refractivity contribution in [1.82, 2.24) is 24.8 Å². The summed E-state index contributed by atoms with van der Waals surface area (Å²) in [6, 6.07) is 3.62. The minimum atomic E-state index is -5.30. The fourth-order valence-electron chi connectivity index (χ4n) is 4.79. The van der Waals surface area contributed by atoms with E-state index in [0.29, 0.717) is 16.9 Å². The highest BCUT2D eigenvalue weighted by Gasteiger charge is 2.60. The predicted molar refractivity (Wildman–Crippen MR) is 131 cm³/mol. The molecule has 0 bridgehead atoms. The lowest BCUT2D eigenvalue weighted by atomic mass is 9.98. The lowest BCUT2D eigenvalue weighted by Crippen LogP contribution is -2.57. The molecule has 0 aliphatic carbocycles. The molecule has 1 aliphatic rings. The van der Waals surface area contributed by atoms with Crippen molar-refractivity contribution in [3.8, 4) is 11.3 Å². The number of nitrogens with zero attached hydrogens (tertiary/aromatic N) is 4. The quantitative estimate of drug-likeness (QED) is 0.377. The molecule has 9 nitrogen and oxygen atoms in total. The number of amides is 2. The van der Waals surface area contributed by atoms with Crippen molar-refractivity contribution in [2.45, 2.75) is 56.9 Å². The summed E-state index contributed by atoms with van der Waals surface area (Å²) in [5, 5.41) is 16.2. The van der Waals surface area contributed by atoms with Crippen LogP contribution in [0, 0.1) is 0 Å². The number of hydrogen-bond acceptors (Lipinski definition) is 6. The molecule has 0 radical (unpaired) electrons. The van der Waals surface area contributed by atoms with E-state index in [1.54, 1.807) is 6.92 Å². The van der Waals surface area contributed by atoms with E-state index in [9.17, 15) is 45.4 Å². The first kappa shape index (κ1) is 30.0. The summed E-state index contributed by atoms with van der Waals surface area (Å²) in [5.41, 5.74) is 0.869. The van der Waals surface area contributed by atoms with E-state index in [2.05, 4.69) is 15.4 Å². The highest BCUT2D eigenvalue weighted by Crippen LogP contribution is 2.39. The van der Waals surface area contributed by atoms with Crippen LogP contribution in [0.2, 0.25) is 0 Å². The zero-order valence-corrected chi connectivity index (χ0v) is 21.6. The molecule has 1 unspecified atom stereocenters. The van der Waals surface area contributed by atoms with Gasteiger partial charge in [0.25, 0.3) is 11.8 Å². The van der Waals surface area contributed by atoms with Crippen molar-refractivity contribution in [2.24, 2.45) is 0 Å². The van der Waals surface area contributed by atoms with Gasteiger partial charge >= 0.3 is 12.4 Å². The molecule has 4 N–H and O–H groups in total. The van der Waals surface area contributed by atoms with E-state index in [0.717, 1.165) is 23.8 Å². The molecule has 0 saturated carbocycles. The first-order valence-corrected chi connectivity index (χ1v) is 12.4. The molecule has 2 aromatic heterocycles. The van der Waals surface area contributed by atoms with Crippen molar-refractivity contribution in [2.75, 3.05) is 18.8 Å². The maximum Gasteiger partial charge on any atom is 0.426 e. The summed E-state index contributed by atoms with van der Waals surface area (Å²) in [7, 11) is 0. The number of rotatable bonds is 6. The highest BCUT2D eigenvalue weighted by molar-refractivity contribution is 5.97. The summed E-state index contributed by atoms with van der Waals surface area (Å²) >= 11 is 0. The fraction of sp³-hybridized carbons (Fsp3) is 0.440. The van der Waals surface area contributed by atoms with Crippen LogP contribution in [0.15, 0.2) is 30.6 Å². The number of carbonyl (C=O) groups is 2. The number of carbonyl (C=O) groups excluding carboxylic acids is 2. The van der Waals surface area contributed by atoms with Gasteiger partial charge in [0.2, 0.25) is 5.60 Å². The summed E-state index contributed by atoms with van der Waals surface area (Å²) in [6.45, 7) is 1.23. The van der Waals surface area contributed by atoms with Crippen LogP contribution in [-0.4, -0.2) is 73.5 Å². The Balaban J connectivity index is 1.65. The fourth-order valence-corrected chi connectivity index (χ4v) is 4.79. The van der Waals surface area contributed by atoms with E-state index in [1.165, 1.54) is 18.2 Å². The number of nitrogens with one attached hydrogen (secondary N) is 1. The third-order valence-electron chi connectivity index (χ3n) is 7.11. The van der Waals surface area contributed by atoms with Gasteiger partial charge in [-0.15, -0.1) is 0 Å². The largest absolute Gasteiger partial charge is 0.426 e. The number of hydrogen-bond donors (Lipinski definition) is 3. The normalized spacial score (nSPS) is 19.4. The van der Waals surface area contributed by atoms with Crippen LogP contribution in [0.4, 0.5) is 36.6 Å². The average molecular weight is 591 g/mol. The maximum atomic E-state index is 14.8. The number of aryl methyl sites for hydroxylation is 1. The number of nitrogen functional groups attached to an aromatic ring is 1. The zero-order valence-electron chi connectivity index (χ0n) is 21.6. The number of nitrogens with two attached hydrogens (primary N) is 1. The lowest BCUT2D eigenvalue weighted by molar-refractivity contribution is -0.256. The average Bonchev–Trinajstić information content (AvgIpc) is 3.48. The van der Waals surface area contributed by atoms with Crippen molar-refractivity contribution < 1.29 is 45.4 Å². The summed E-state index contributed by atoms with van der Waals surface area (Å²) in [5.74, 6) is -3.01. The van der Waals surface area contributed by atoms with Crippen molar-refractivity contribution in [1.29, 1.82) is 0 Å². The molecule has 3 atom stereocenters. The maximum absolute atomic E-state index is 14.8. The number of aromatic nitrogens is 3. The van der Waals surface area contributed by atoms with E-state index < -0.39 is 78.4 Å². The molecule has 2 amide bonds. The SMILES string of the molecule is CCc1ccc(-c2cc(C(F)(F)F)c3c(N)ncnn23)cc1C(=O)N[C@@H]1CN(C(=O)C(O)(CC)C(F)(F)F)C[C@@H]1F. The Morgan fingerprint density at radius 3 is 2.39 bits per heavy atom. The van der Waals surface area contributed by atoms with Gasteiger partial charge in [-0.05, 0) is 30.5 Å². The van der Waals surface area contributed by atoms with Crippen molar-refractivity contribution in [3.05, 3.63) is 47.3 Å². The molecule has 1 aliphatic heterocycles. The van der Waals surface area contributed by atoms with Crippen LogP contribution in [0.25, 0.3) is 16.8 Å². The molecule has 0 spiro atoms. The third kappa shape index (κ3) is 5.27. The first-order chi connectivity index (χ1) is 19.0. The van der Waals surface area contributed by atoms with E-state index >= 15 is 0 Å². The molecule has 3 heterocycles. The van der Waals surface area contributed by atoms with Crippen molar-refractivity contribution in [3.63, 3.8) is 0 Å². The van der Waals surface area contributed by atoms with Gasteiger partial charge in [-0.1, -0.05) is 26.0 Å². The monoisotopic (exact) mass is 590 g/mol. The Kier molecular flexibility index (Phi) is 7.66. The van der Waals surface area contributed by atoms with Gasteiger partial charge in [0, 0.05) is 17.7 Å². The highest BCUT2D eigenvalue weighted by atomic mass is 19.4. The van der Waals surface area contributed by atoms with Crippen LogP contribution in [0.1, 0.15) is 41.8 Å². The van der Waals surface area contributed by atoms with Gasteiger partial charge in [0.15, 0.2) is 5.82 Å². The van der Waals surface area contributed by atoms with Crippen molar-refractivity contribution >= 4 is 23.1 Å². The smallest absolute Gasteiger partial charge is 0.382 e. The zero-order chi connectivity index (χ0) is 30.5. The molecular weight excluding hydrogens is 565 g/mol. The Labute approximate surface area is 228 Å². The third-order valence-corrected chi connectivity index (χ3v) is 7.11. The van der Waals surface area contributed by atoms with Crippen LogP contribution >= 0.6 is 0 Å². The number of halogens is 7. The predicted octanol–water partition coefficient (Wildman–Crippen LogP) is 3.54.